The van der Waals surface area contributed by atoms with Gasteiger partial charge in [0.1, 0.15) is 0 Å². The summed E-state index contributed by atoms with van der Waals surface area (Å²) in [5.74, 6) is -0.287. The second-order valence-electron chi connectivity index (χ2n) is 5.44. The summed E-state index contributed by atoms with van der Waals surface area (Å²) in [6.45, 7) is 3.42. The topological polar surface area (TPSA) is 71.1 Å². The zero-order valence-corrected chi connectivity index (χ0v) is 15.0. The van der Waals surface area contributed by atoms with Gasteiger partial charge in [-0.2, -0.15) is 0 Å². The molecular formula is C17H17N3O2S2. The van der Waals surface area contributed by atoms with Crippen molar-refractivity contribution in [2.45, 2.75) is 26.3 Å². The Morgan fingerprint density at radius 3 is 2.83 bits per heavy atom. The summed E-state index contributed by atoms with van der Waals surface area (Å²) < 4.78 is 1.04. The van der Waals surface area contributed by atoms with Crippen molar-refractivity contribution in [3.05, 3.63) is 45.6 Å². The van der Waals surface area contributed by atoms with Gasteiger partial charge in [-0.25, -0.2) is 4.98 Å². The van der Waals surface area contributed by atoms with E-state index in [1.54, 1.807) is 11.3 Å². The zero-order valence-electron chi connectivity index (χ0n) is 13.3. The van der Waals surface area contributed by atoms with Crippen LogP contribution >= 0.6 is 22.7 Å². The van der Waals surface area contributed by atoms with Gasteiger partial charge in [0.25, 0.3) is 0 Å². The molecule has 7 heteroatoms. The number of carbonyl (C=O) groups is 2. The molecule has 0 radical (unpaired) electrons. The lowest BCUT2D eigenvalue weighted by molar-refractivity contribution is -0.120. The first-order valence-electron chi connectivity index (χ1n) is 7.49. The Kier molecular flexibility index (Phi) is 4.92. The Labute approximate surface area is 147 Å². The molecule has 0 fully saturated rings. The Morgan fingerprint density at radius 1 is 1.29 bits per heavy atom. The van der Waals surface area contributed by atoms with Crippen molar-refractivity contribution in [2.24, 2.45) is 0 Å². The van der Waals surface area contributed by atoms with Gasteiger partial charge < -0.3 is 10.6 Å². The average molecular weight is 359 g/mol. The molecule has 24 heavy (non-hydrogen) atoms. The minimum absolute atomic E-state index is 0.136. The van der Waals surface area contributed by atoms with Crippen molar-refractivity contribution in [2.75, 3.05) is 5.32 Å². The lowest BCUT2D eigenvalue weighted by atomic mass is 10.1. The van der Waals surface area contributed by atoms with Crippen LogP contribution in [0.15, 0.2) is 35.7 Å². The summed E-state index contributed by atoms with van der Waals surface area (Å²) in [6.07, 6.45) is 0.194. The molecule has 1 unspecified atom stereocenters. The van der Waals surface area contributed by atoms with E-state index in [1.807, 2.05) is 42.6 Å². The maximum Gasteiger partial charge on any atom is 0.226 e. The van der Waals surface area contributed by atoms with Crippen molar-refractivity contribution in [1.82, 2.24) is 10.3 Å². The predicted molar refractivity (Wildman–Crippen MR) is 98.5 cm³/mol. The maximum atomic E-state index is 12.4. The first-order chi connectivity index (χ1) is 11.5. The smallest absolute Gasteiger partial charge is 0.226 e. The van der Waals surface area contributed by atoms with Crippen LogP contribution in [0.5, 0.6) is 0 Å². The fourth-order valence-electron chi connectivity index (χ4n) is 2.47. The molecule has 3 aromatic rings. The van der Waals surface area contributed by atoms with Crippen molar-refractivity contribution in [1.29, 1.82) is 0 Å². The standard InChI is InChI=1S/C17H17N3O2S2/c1-10(21)18-14(15-4-3-7-23-15)9-17(22)20-12-5-6-13-16(8-12)24-11(2)19-13/h3-8,14H,9H2,1-2H3,(H,18,21)(H,20,22). The van der Waals surface area contributed by atoms with Gasteiger partial charge in [-0.1, -0.05) is 6.07 Å². The lowest BCUT2D eigenvalue weighted by Gasteiger charge is -2.16. The van der Waals surface area contributed by atoms with Gasteiger partial charge in [-0.3, -0.25) is 9.59 Å². The maximum absolute atomic E-state index is 12.4. The monoisotopic (exact) mass is 359 g/mol. The molecule has 0 aliphatic carbocycles. The number of fused-ring (bicyclic) bond motifs is 1. The molecule has 2 aromatic heterocycles. The molecule has 0 bridgehead atoms. The number of hydrogen-bond acceptors (Lipinski definition) is 5. The Hall–Kier alpha value is -2.25. The first-order valence-corrected chi connectivity index (χ1v) is 9.18. The summed E-state index contributed by atoms with van der Waals surface area (Å²) in [5.41, 5.74) is 1.68. The van der Waals surface area contributed by atoms with E-state index in [1.165, 1.54) is 18.3 Å². The van der Waals surface area contributed by atoms with Crippen LogP contribution in [0.25, 0.3) is 10.2 Å². The van der Waals surface area contributed by atoms with E-state index in [4.69, 9.17) is 0 Å². The van der Waals surface area contributed by atoms with Crippen LogP contribution in [-0.2, 0) is 9.59 Å². The third-order valence-electron chi connectivity index (χ3n) is 3.43. The molecule has 0 aliphatic heterocycles. The Morgan fingerprint density at radius 2 is 2.12 bits per heavy atom. The molecule has 0 spiro atoms. The van der Waals surface area contributed by atoms with Crippen LogP contribution in [0.2, 0.25) is 0 Å². The summed E-state index contributed by atoms with van der Waals surface area (Å²) in [4.78, 5) is 29.1. The second kappa shape index (κ2) is 7.11. The van der Waals surface area contributed by atoms with E-state index in [0.717, 1.165) is 25.8 Å². The van der Waals surface area contributed by atoms with Crippen LogP contribution in [0.1, 0.15) is 29.3 Å². The molecule has 0 saturated carbocycles. The van der Waals surface area contributed by atoms with Crippen LogP contribution in [-0.4, -0.2) is 16.8 Å². The minimum Gasteiger partial charge on any atom is -0.348 e. The largest absolute Gasteiger partial charge is 0.348 e. The van der Waals surface area contributed by atoms with Gasteiger partial charge >= 0.3 is 0 Å². The number of rotatable bonds is 5. The number of nitrogens with one attached hydrogen (secondary N) is 2. The average Bonchev–Trinajstić information content (AvgIpc) is 3.13. The van der Waals surface area contributed by atoms with Crippen LogP contribution < -0.4 is 10.6 Å². The SMILES string of the molecule is CC(=O)NC(CC(=O)Nc1ccc2nc(C)sc2c1)c1cccs1. The van der Waals surface area contributed by atoms with Gasteiger partial charge in [0.2, 0.25) is 11.8 Å². The molecule has 0 saturated heterocycles. The highest BCUT2D eigenvalue weighted by atomic mass is 32.1. The number of nitrogens with zero attached hydrogens (tertiary/aromatic N) is 1. The fourth-order valence-corrected chi connectivity index (χ4v) is 4.12. The van der Waals surface area contributed by atoms with Crippen molar-refractivity contribution < 1.29 is 9.59 Å². The molecule has 2 heterocycles. The number of amides is 2. The van der Waals surface area contributed by atoms with Crippen molar-refractivity contribution in [3.63, 3.8) is 0 Å². The number of thiazole rings is 1. The predicted octanol–water partition coefficient (Wildman–Crippen LogP) is 3.87. The van der Waals surface area contributed by atoms with E-state index >= 15 is 0 Å². The van der Waals surface area contributed by atoms with Crippen molar-refractivity contribution >= 4 is 50.4 Å². The molecular weight excluding hydrogens is 342 g/mol. The van der Waals surface area contributed by atoms with Crippen LogP contribution in [0.4, 0.5) is 5.69 Å². The number of thiophene rings is 1. The molecule has 124 valence electrons. The molecule has 1 atom stereocenters. The Balaban J connectivity index is 1.71. The lowest BCUT2D eigenvalue weighted by Crippen LogP contribution is -2.29. The van der Waals surface area contributed by atoms with E-state index in [9.17, 15) is 9.59 Å². The minimum atomic E-state index is -0.308. The van der Waals surface area contributed by atoms with Crippen LogP contribution in [0, 0.1) is 6.92 Å². The molecule has 3 rings (SSSR count). The first kappa shape index (κ1) is 16.6. The Bertz CT molecular complexity index is 871. The van der Waals surface area contributed by atoms with Gasteiger partial charge in [0.15, 0.2) is 0 Å². The molecule has 2 amide bonds. The molecule has 5 nitrogen and oxygen atoms in total. The van der Waals surface area contributed by atoms with Gasteiger partial charge in [0.05, 0.1) is 27.7 Å². The van der Waals surface area contributed by atoms with E-state index in [-0.39, 0.29) is 24.3 Å². The van der Waals surface area contributed by atoms with Gasteiger partial charge in [0, 0.05) is 17.5 Å². The van der Waals surface area contributed by atoms with E-state index in [2.05, 4.69) is 15.6 Å². The summed E-state index contributed by atoms with van der Waals surface area (Å²) in [7, 11) is 0. The highest BCUT2D eigenvalue weighted by Crippen LogP contribution is 2.26. The number of aryl methyl sites for hydroxylation is 1. The molecule has 1 aromatic carbocycles. The summed E-state index contributed by atoms with van der Waals surface area (Å²) in [6, 6.07) is 9.20. The van der Waals surface area contributed by atoms with Gasteiger partial charge in [-0.05, 0) is 36.6 Å². The third kappa shape index (κ3) is 3.98. The third-order valence-corrected chi connectivity index (χ3v) is 5.35. The number of carbonyl (C=O) groups excluding carboxylic acids is 2. The quantitative estimate of drug-likeness (QED) is 0.726. The highest BCUT2D eigenvalue weighted by molar-refractivity contribution is 7.18. The number of benzene rings is 1. The van der Waals surface area contributed by atoms with E-state index < -0.39 is 0 Å². The van der Waals surface area contributed by atoms with E-state index in [0.29, 0.717) is 0 Å². The number of hydrogen-bond donors (Lipinski definition) is 2. The van der Waals surface area contributed by atoms with Crippen LogP contribution in [0.3, 0.4) is 0 Å². The zero-order chi connectivity index (χ0) is 17.1. The molecule has 2 N–H and O–H groups in total. The van der Waals surface area contributed by atoms with Gasteiger partial charge in [-0.15, -0.1) is 22.7 Å². The normalized spacial score (nSPS) is 12.1. The summed E-state index contributed by atoms with van der Waals surface area (Å²) in [5, 5.41) is 8.67. The summed E-state index contributed by atoms with van der Waals surface area (Å²) >= 11 is 3.12. The number of anilines is 1. The molecule has 0 aliphatic rings. The highest BCUT2D eigenvalue weighted by Gasteiger charge is 2.18. The van der Waals surface area contributed by atoms with Crippen molar-refractivity contribution in [3.8, 4) is 0 Å². The number of aromatic nitrogens is 1. The fraction of sp³-hybridized carbons (Fsp3) is 0.235. The second-order valence-corrected chi connectivity index (χ2v) is 7.65.